The molecule has 0 aromatic carbocycles. The van der Waals surface area contributed by atoms with Crippen molar-refractivity contribution in [3.05, 3.63) is 12.7 Å². The first-order valence-corrected chi connectivity index (χ1v) is 4.31. The lowest BCUT2D eigenvalue weighted by molar-refractivity contribution is 0.237. The van der Waals surface area contributed by atoms with Crippen molar-refractivity contribution in [3.8, 4) is 0 Å². The normalized spacial score (nSPS) is 13.5. The maximum absolute atomic E-state index is 5.56. The molecule has 66 valence electrons. The van der Waals surface area contributed by atoms with Crippen LogP contribution in [0.1, 0.15) is 20.3 Å². The van der Waals surface area contributed by atoms with Crippen LogP contribution in [-0.2, 0) is 0 Å². The van der Waals surface area contributed by atoms with Crippen molar-refractivity contribution in [2.75, 3.05) is 19.6 Å². The van der Waals surface area contributed by atoms with E-state index in [-0.39, 0.29) is 0 Å². The van der Waals surface area contributed by atoms with Crippen molar-refractivity contribution in [1.29, 1.82) is 0 Å². The van der Waals surface area contributed by atoms with Gasteiger partial charge in [0.2, 0.25) is 0 Å². The van der Waals surface area contributed by atoms with Crippen molar-refractivity contribution in [1.82, 2.24) is 4.90 Å². The quantitative estimate of drug-likeness (QED) is 0.586. The van der Waals surface area contributed by atoms with Gasteiger partial charge in [-0.25, -0.2) is 0 Å². The summed E-state index contributed by atoms with van der Waals surface area (Å²) in [5.74, 6) is 0. The van der Waals surface area contributed by atoms with Gasteiger partial charge < -0.3 is 5.73 Å². The number of hydrogen-bond acceptors (Lipinski definition) is 2. The van der Waals surface area contributed by atoms with Gasteiger partial charge in [0, 0.05) is 19.1 Å². The maximum atomic E-state index is 5.56. The van der Waals surface area contributed by atoms with Gasteiger partial charge in [-0.1, -0.05) is 13.0 Å². The Labute approximate surface area is 70.1 Å². The molecule has 0 heterocycles. The average molecular weight is 156 g/mol. The van der Waals surface area contributed by atoms with Crippen LogP contribution in [0.15, 0.2) is 12.7 Å². The summed E-state index contributed by atoms with van der Waals surface area (Å²) in [6.45, 7) is 10.8. The smallest absolute Gasteiger partial charge is 0.0193 e. The second kappa shape index (κ2) is 6.38. The van der Waals surface area contributed by atoms with E-state index < -0.39 is 0 Å². The Morgan fingerprint density at radius 2 is 2.27 bits per heavy atom. The van der Waals surface area contributed by atoms with Crippen LogP contribution in [0.2, 0.25) is 0 Å². The first-order chi connectivity index (χ1) is 5.26. The van der Waals surface area contributed by atoms with Crippen LogP contribution in [-0.4, -0.2) is 30.6 Å². The molecule has 2 nitrogen and oxygen atoms in total. The highest BCUT2D eigenvalue weighted by Gasteiger charge is 2.08. The third-order valence-electron chi connectivity index (χ3n) is 1.84. The highest BCUT2D eigenvalue weighted by molar-refractivity contribution is 4.77. The number of hydrogen-bond donors (Lipinski definition) is 1. The second-order valence-corrected chi connectivity index (χ2v) is 2.87. The van der Waals surface area contributed by atoms with E-state index in [0.717, 1.165) is 19.6 Å². The molecule has 0 fully saturated rings. The van der Waals surface area contributed by atoms with Gasteiger partial charge in [0.1, 0.15) is 0 Å². The lowest BCUT2D eigenvalue weighted by Crippen LogP contribution is -2.38. The summed E-state index contributed by atoms with van der Waals surface area (Å²) >= 11 is 0. The van der Waals surface area contributed by atoms with E-state index in [1.807, 2.05) is 6.08 Å². The minimum absolute atomic E-state index is 0.480. The highest BCUT2D eigenvalue weighted by Crippen LogP contribution is 1.98. The molecule has 0 amide bonds. The monoisotopic (exact) mass is 156 g/mol. The zero-order valence-electron chi connectivity index (χ0n) is 7.71. The fraction of sp³-hybridized carbons (Fsp3) is 0.778. The first-order valence-electron chi connectivity index (χ1n) is 4.31. The Balaban J connectivity index is 3.75. The molecule has 0 aromatic rings. The summed E-state index contributed by atoms with van der Waals surface area (Å²) in [6.07, 6.45) is 3.11. The summed E-state index contributed by atoms with van der Waals surface area (Å²) in [5, 5.41) is 0. The molecule has 2 heteroatoms. The summed E-state index contributed by atoms with van der Waals surface area (Å²) in [5.41, 5.74) is 5.56. The van der Waals surface area contributed by atoms with Crippen molar-refractivity contribution >= 4 is 0 Å². The predicted molar refractivity (Wildman–Crippen MR) is 50.6 cm³/mol. The van der Waals surface area contributed by atoms with E-state index in [0.29, 0.717) is 6.04 Å². The molecule has 0 saturated heterocycles. The van der Waals surface area contributed by atoms with Crippen LogP contribution in [0.3, 0.4) is 0 Å². The number of nitrogens with zero attached hydrogens (tertiary/aromatic N) is 1. The summed E-state index contributed by atoms with van der Waals surface area (Å²) in [7, 11) is 0. The van der Waals surface area contributed by atoms with Gasteiger partial charge in [0.15, 0.2) is 0 Å². The molecule has 2 N–H and O–H groups in total. The number of rotatable bonds is 6. The Kier molecular flexibility index (Phi) is 6.18. The Morgan fingerprint density at radius 3 is 2.64 bits per heavy atom. The minimum atomic E-state index is 0.480. The molecular weight excluding hydrogens is 136 g/mol. The van der Waals surface area contributed by atoms with Crippen molar-refractivity contribution in [3.63, 3.8) is 0 Å². The Bertz CT molecular complexity index is 102. The summed E-state index contributed by atoms with van der Waals surface area (Å²) < 4.78 is 0. The Morgan fingerprint density at radius 1 is 1.64 bits per heavy atom. The van der Waals surface area contributed by atoms with Gasteiger partial charge in [0.05, 0.1) is 0 Å². The third-order valence-corrected chi connectivity index (χ3v) is 1.84. The van der Waals surface area contributed by atoms with E-state index >= 15 is 0 Å². The van der Waals surface area contributed by atoms with E-state index in [4.69, 9.17) is 5.73 Å². The molecule has 0 rings (SSSR count). The predicted octanol–water partition coefficient (Wildman–Crippen LogP) is 1.23. The lowest BCUT2D eigenvalue weighted by atomic mass is 10.2. The van der Waals surface area contributed by atoms with Gasteiger partial charge in [-0.05, 0) is 19.9 Å². The molecule has 0 aliphatic rings. The van der Waals surface area contributed by atoms with Gasteiger partial charge in [0.25, 0.3) is 0 Å². The minimum Gasteiger partial charge on any atom is -0.329 e. The standard InChI is InChI=1S/C9H20N2/c1-4-6-11(7-5-2)9(3)8-10/h4,9H,1,5-8,10H2,2-3H3. The zero-order valence-corrected chi connectivity index (χ0v) is 7.71. The van der Waals surface area contributed by atoms with Crippen molar-refractivity contribution < 1.29 is 0 Å². The summed E-state index contributed by atoms with van der Waals surface area (Å²) in [6, 6.07) is 0.480. The van der Waals surface area contributed by atoms with Crippen LogP contribution < -0.4 is 5.73 Å². The molecule has 0 aliphatic heterocycles. The Hall–Kier alpha value is -0.340. The van der Waals surface area contributed by atoms with Crippen molar-refractivity contribution in [2.45, 2.75) is 26.3 Å². The first kappa shape index (κ1) is 10.7. The molecule has 0 spiro atoms. The van der Waals surface area contributed by atoms with E-state index in [1.165, 1.54) is 6.42 Å². The topological polar surface area (TPSA) is 29.3 Å². The molecule has 0 aromatic heterocycles. The number of nitrogens with two attached hydrogens (primary N) is 1. The van der Waals surface area contributed by atoms with Crippen LogP contribution >= 0.6 is 0 Å². The molecule has 0 bridgehead atoms. The van der Waals surface area contributed by atoms with Crippen LogP contribution in [0.25, 0.3) is 0 Å². The molecule has 0 aliphatic carbocycles. The maximum Gasteiger partial charge on any atom is 0.0193 e. The van der Waals surface area contributed by atoms with E-state index in [2.05, 4.69) is 25.3 Å². The molecule has 1 atom stereocenters. The van der Waals surface area contributed by atoms with Gasteiger partial charge >= 0.3 is 0 Å². The molecule has 0 radical (unpaired) electrons. The second-order valence-electron chi connectivity index (χ2n) is 2.87. The molecule has 0 saturated carbocycles. The average Bonchev–Trinajstić information content (AvgIpc) is 2.03. The largest absolute Gasteiger partial charge is 0.329 e. The zero-order chi connectivity index (χ0) is 8.69. The highest BCUT2D eigenvalue weighted by atomic mass is 15.1. The van der Waals surface area contributed by atoms with Gasteiger partial charge in [-0.2, -0.15) is 0 Å². The summed E-state index contributed by atoms with van der Waals surface area (Å²) in [4.78, 5) is 2.34. The fourth-order valence-corrected chi connectivity index (χ4v) is 1.09. The SMILES string of the molecule is C=CCN(CCC)C(C)CN. The van der Waals surface area contributed by atoms with E-state index in [1.54, 1.807) is 0 Å². The van der Waals surface area contributed by atoms with E-state index in [9.17, 15) is 0 Å². The van der Waals surface area contributed by atoms with Crippen LogP contribution in [0.4, 0.5) is 0 Å². The molecule has 11 heavy (non-hydrogen) atoms. The molecule has 1 unspecified atom stereocenters. The van der Waals surface area contributed by atoms with Crippen molar-refractivity contribution in [2.24, 2.45) is 5.73 Å². The molecular formula is C9H20N2. The lowest BCUT2D eigenvalue weighted by Gasteiger charge is -2.26. The van der Waals surface area contributed by atoms with Gasteiger partial charge in [-0.3, -0.25) is 4.90 Å². The fourth-order valence-electron chi connectivity index (χ4n) is 1.09. The van der Waals surface area contributed by atoms with Crippen LogP contribution in [0.5, 0.6) is 0 Å². The van der Waals surface area contributed by atoms with Gasteiger partial charge in [-0.15, -0.1) is 6.58 Å². The third kappa shape index (κ3) is 4.17. The van der Waals surface area contributed by atoms with Crippen LogP contribution in [0, 0.1) is 0 Å².